The Balaban J connectivity index is 0.00000256. The van der Waals surface area contributed by atoms with Gasteiger partial charge in [0.2, 0.25) is 0 Å². The summed E-state index contributed by atoms with van der Waals surface area (Å²) in [5.41, 5.74) is 2.10. The van der Waals surface area contributed by atoms with Crippen LogP contribution in [0.5, 0.6) is 0 Å². The number of piperazine rings is 1. The van der Waals surface area contributed by atoms with Gasteiger partial charge in [0.25, 0.3) is 0 Å². The molecule has 2 aromatic carbocycles. The first-order valence-corrected chi connectivity index (χ1v) is 10.7. The summed E-state index contributed by atoms with van der Waals surface area (Å²) < 4.78 is 0. The number of carbonyl (C=O) groups is 2. The second kappa shape index (κ2) is 15.5. The van der Waals surface area contributed by atoms with E-state index in [2.05, 4.69) is 9.80 Å². The maximum atomic E-state index is 12.1. The molecule has 1 fully saturated rings. The highest BCUT2D eigenvalue weighted by atomic mass is 35.5. The van der Waals surface area contributed by atoms with Crippen molar-refractivity contribution in [1.82, 2.24) is 9.80 Å². The summed E-state index contributed by atoms with van der Waals surface area (Å²) in [5, 5.41) is 0. The molecule has 2 aromatic rings. The molecular formula is C26H32Cl2N2O2. The van der Waals surface area contributed by atoms with E-state index in [0.29, 0.717) is 12.8 Å². The lowest BCUT2D eigenvalue weighted by molar-refractivity contribution is -0.116. The Kier molecular flexibility index (Phi) is 13.5. The standard InChI is InChI=1S/C26H30N2O2.2ClH/c29-25(13-11-23-7-3-1-4-8-23)15-17-27-19-21-28(22-20-27)18-16-26(30)14-12-24-9-5-2-6-10-24;;/h1-14H,15-22H2;2*1H/b13-11+,14-12+;;. The number of allylic oxidation sites excluding steroid dienone is 2. The third-order valence-electron chi connectivity index (χ3n) is 5.34. The van der Waals surface area contributed by atoms with Gasteiger partial charge in [-0.25, -0.2) is 0 Å². The third-order valence-corrected chi connectivity index (χ3v) is 5.34. The van der Waals surface area contributed by atoms with Crippen molar-refractivity contribution in [2.45, 2.75) is 12.8 Å². The van der Waals surface area contributed by atoms with E-state index in [0.717, 1.165) is 50.4 Å². The van der Waals surface area contributed by atoms with Crippen LogP contribution in [-0.2, 0) is 9.59 Å². The van der Waals surface area contributed by atoms with Crippen molar-refractivity contribution in [3.05, 3.63) is 83.9 Å². The summed E-state index contributed by atoms with van der Waals surface area (Å²) in [7, 11) is 0. The van der Waals surface area contributed by atoms with Gasteiger partial charge < -0.3 is 9.80 Å². The maximum absolute atomic E-state index is 12.1. The fourth-order valence-corrected chi connectivity index (χ4v) is 3.45. The molecule has 0 spiro atoms. The van der Waals surface area contributed by atoms with E-state index in [9.17, 15) is 9.59 Å². The number of carbonyl (C=O) groups excluding carboxylic acids is 2. The first-order chi connectivity index (χ1) is 14.7. The highest BCUT2D eigenvalue weighted by Gasteiger charge is 2.17. The number of halogens is 2. The highest BCUT2D eigenvalue weighted by molar-refractivity contribution is 5.94. The van der Waals surface area contributed by atoms with Gasteiger partial charge in [-0.3, -0.25) is 9.59 Å². The summed E-state index contributed by atoms with van der Waals surface area (Å²) in [4.78, 5) is 28.9. The van der Waals surface area contributed by atoms with Gasteiger partial charge in [-0.15, -0.1) is 24.8 Å². The van der Waals surface area contributed by atoms with Crippen LogP contribution >= 0.6 is 24.8 Å². The molecule has 0 aromatic heterocycles. The Labute approximate surface area is 203 Å². The topological polar surface area (TPSA) is 40.6 Å². The lowest BCUT2D eigenvalue weighted by Crippen LogP contribution is -2.47. The molecule has 0 unspecified atom stereocenters. The SMILES string of the molecule is Cl.Cl.O=C(/C=C/c1ccccc1)CCN1CCN(CCC(=O)/C=C/c2ccccc2)CC1. The van der Waals surface area contributed by atoms with Crippen molar-refractivity contribution in [1.29, 1.82) is 0 Å². The minimum atomic E-state index is 0. The Morgan fingerprint density at radius 2 is 0.969 bits per heavy atom. The molecule has 1 aliphatic heterocycles. The van der Waals surface area contributed by atoms with Crippen molar-refractivity contribution >= 4 is 48.5 Å². The number of hydrogen-bond acceptors (Lipinski definition) is 4. The summed E-state index contributed by atoms with van der Waals surface area (Å²) in [6.45, 7) is 5.38. The van der Waals surface area contributed by atoms with Crippen LogP contribution < -0.4 is 0 Å². The molecule has 0 amide bonds. The van der Waals surface area contributed by atoms with E-state index >= 15 is 0 Å². The maximum Gasteiger partial charge on any atom is 0.156 e. The Hall–Kier alpha value is -2.24. The smallest absolute Gasteiger partial charge is 0.156 e. The zero-order valence-corrected chi connectivity index (χ0v) is 19.9. The molecule has 1 saturated heterocycles. The van der Waals surface area contributed by atoms with Crippen molar-refractivity contribution in [2.24, 2.45) is 0 Å². The van der Waals surface area contributed by atoms with E-state index in [1.54, 1.807) is 12.2 Å². The zero-order chi connectivity index (χ0) is 21.0. The minimum absolute atomic E-state index is 0. The van der Waals surface area contributed by atoms with Crippen LogP contribution in [0.1, 0.15) is 24.0 Å². The predicted octanol–water partition coefficient (Wildman–Crippen LogP) is 4.79. The number of nitrogens with zero attached hydrogens (tertiary/aromatic N) is 2. The summed E-state index contributed by atoms with van der Waals surface area (Å²) in [6, 6.07) is 19.8. The molecule has 1 aliphatic rings. The van der Waals surface area contributed by atoms with Crippen LogP contribution in [0.15, 0.2) is 72.8 Å². The number of hydrogen-bond donors (Lipinski definition) is 0. The van der Waals surface area contributed by atoms with Crippen molar-refractivity contribution in [3.8, 4) is 0 Å². The normalized spacial score (nSPS) is 14.8. The number of benzene rings is 2. The van der Waals surface area contributed by atoms with Gasteiger partial charge in [0.1, 0.15) is 0 Å². The molecule has 4 nitrogen and oxygen atoms in total. The van der Waals surface area contributed by atoms with Gasteiger partial charge in [-0.2, -0.15) is 0 Å². The minimum Gasteiger partial charge on any atom is -0.300 e. The molecule has 172 valence electrons. The zero-order valence-electron chi connectivity index (χ0n) is 18.3. The summed E-state index contributed by atoms with van der Waals surface area (Å²) in [5.74, 6) is 0.328. The van der Waals surface area contributed by atoms with E-state index in [1.807, 2.05) is 72.8 Å². The third kappa shape index (κ3) is 10.4. The predicted molar refractivity (Wildman–Crippen MR) is 138 cm³/mol. The van der Waals surface area contributed by atoms with E-state index in [1.165, 1.54) is 0 Å². The van der Waals surface area contributed by atoms with Crippen LogP contribution in [0, 0.1) is 0 Å². The van der Waals surface area contributed by atoms with Gasteiger partial charge >= 0.3 is 0 Å². The lowest BCUT2D eigenvalue weighted by Gasteiger charge is -2.34. The fourth-order valence-electron chi connectivity index (χ4n) is 3.45. The van der Waals surface area contributed by atoms with Gasteiger partial charge in [0, 0.05) is 52.1 Å². The number of ketones is 2. The molecule has 0 N–H and O–H groups in total. The molecule has 0 radical (unpaired) electrons. The summed E-state index contributed by atoms with van der Waals surface area (Å²) >= 11 is 0. The molecule has 0 saturated carbocycles. The van der Waals surface area contributed by atoms with E-state index in [-0.39, 0.29) is 36.4 Å². The Morgan fingerprint density at radius 1 is 0.625 bits per heavy atom. The van der Waals surface area contributed by atoms with Crippen molar-refractivity contribution in [2.75, 3.05) is 39.3 Å². The van der Waals surface area contributed by atoms with Gasteiger partial charge in [0.05, 0.1) is 0 Å². The molecule has 1 heterocycles. The largest absolute Gasteiger partial charge is 0.300 e. The molecule has 0 atom stereocenters. The van der Waals surface area contributed by atoms with Crippen LogP contribution in [0.2, 0.25) is 0 Å². The molecule has 32 heavy (non-hydrogen) atoms. The number of rotatable bonds is 10. The van der Waals surface area contributed by atoms with Gasteiger partial charge in [0.15, 0.2) is 11.6 Å². The van der Waals surface area contributed by atoms with E-state index < -0.39 is 0 Å². The van der Waals surface area contributed by atoms with Crippen LogP contribution in [0.3, 0.4) is 0 Å². The van der Waals surface area contributed by atoms with Gasteiger partial charge in [-0.1, -0.05) is 72.8 Å². The lowest BCUT2D eigenvalue weighted by atomic mass is 10.1. The molecule has 3 rings (SSSR count). The highest BCUT2D eigenvalue weighted by Crippen LogP contribution is 2.07. The summed E-state index contributed by atoms with van der Waals surface area (Å²) in [6.07, 6.45) is 8.21. The van der Waals surface area contributed by atoms with Crippen molar-refractivity contribution < 1.29 is 9.59 Å². The second-order valence-electron chi connectivity index (χ2n) is 7.60. The average Bonchev–Trinajstić information content (AvgIpc) is 2.80. The van der Waals surface area contributed by atoms with Crippen molar-refractivity contribution in [3.63, 3.8) is 0 Å². The molecule has 6 heteroatoms. The molecule has 0 bridgehead atoms. The van der Waals surface area contributed by atoms with Gasteiger partial charge in [-0.05, 0) is 23.3 Å². The Morgan fingerprint density at radius 3 is 1.31 bits per heavy atom. The average molecular weight is 475 g/mol. The first-order valence-electron chi connectivity index (χ1n) is 10.7. The molecular weight excluding hydrogens is 443 g/mol. The monoisotopic (exact) mass is 474 g/mol. The van der Waals surface area contributed by atoms with Crippen LogP contribution in [-0.4, -0.2) is 60.6 Å². The fraction of sp³-hybridized carbons (Fsp3) is 0.308. The van der Waals surface area contributed by atoms with Crippen LogP contribution in [0.25, 0.3) is 12.2 Å². The van der Waals surface area contributed by atoms with Crippen LogP contribution in [0.4, 0.5) is 0 Å². The molecule has 0 aliphatic carbocycles. The Bertz CT molecular complexity index is 788. The van der Waals surface area contributed by atoms with E-state index in [4.69, 9.17) is 0 Å². The first kappa shape index (κ1) is 27.8. The quantitative estimate of drug-likeness (QED) is 0.464. The second-order valence-corrected chi connectivity index (χ2v) is 7.60.